The van der Waals surface area contributed by atoms with E-state index in [0.717, 1.165) is 11.0 Å². The summed E-state index contributed by atoms with van der Waals surface area (Å²) in [6.45, 7) is 0.0621. The number of para-hydroxylation sites is 1. The van der Waals surface area contributed by atoms with Gasteiger partial charge in [-0.3, -0.25) is 14.5 Å². The highest BCUT2D eigenvalue weighted by Gasteiger charge is 2.57. The van der Waals surface area contributed by atoms with Crippen LogP contribution in [0, 0.1) is 0 Å². The number of hydrogen-bond donors (Lipinski definition) is 1. The van der Waals surface area contributed by atoms with Crippen molar-refractivity contribution in [3.8, 4) is 0 Å². The molecule has 0 saturated carbocycles. The Hall–Kier alpha value is -2.48. The molecule has 0 unspecified atom stereocenters. The van der Waals surface area contributed by atoms with E-state index in [0.29, 0.717) is 12.1 Å². The zero-order valence-electron chi connectivity index (χ0n) is 14.8. The van der Waals surface area contributed by atoms with Gasteiger partial charge in [0, 0.05) is 17.9 Å². The van der Waals surface area contributed by atoms with E-state index < -0.39 is 16.6 Å². The highest BCUT2D eigenvalue weighted by atomic mass is 32.2. The number of nitrogens with one attached hydrogen (secondary N) is 1. The number of hydrogen-bond acceptors (Lipinski definition) is 3. The molecule has 2 aromatic rings. The van der Waals surface area contributed by atoms with Crippen molar-refractivity contribution in [1.82, 2.24) is 5.32 Å². The van der Waals surface area contributed by atoms with Gasteiger partial charge in [-0.05, 0) is 36.6 Å². The van der Waals surface area contributed by atoms with Crippen LogP contribution in [0.15, 0.2) is 53.4 Å². The minimum absolute atomic E-state index is 0.0586. The van der Waals surface area contributed by atoms with Crippen molar-refractivity contribution in [2.75, 3.05) is 11.4 Å². The van der Waals surface area contributed by atoms with Crippen molar-refractivity contribution < 1.29 is 22.8 Å². The molecule has 0 radical (unpaired) electrons. The molecule has 0 aliphatic carbocycles. The minimum atomic E-state index is -4.43. The fourth-order valence-electron chi connectivity index (χ4n) is 3.76. The molecule has 4 nitrogen and oxygen atoms in total. The first-order chi connectivity index (χ1) is 13.3. The van der Waals surface area contributed by atoms with E-state index >= 15 is 0 Å². The Morgan fingerprint density at radius 1 is 1.14 bits per heavy atom. The van der Waals surface area contributed by atoms with Crippen molar-refractivity contribution in [1.29, 1.82) is 0 Å². The number of anilines is 1. The number of halogens is 3. The van der Waals surface area contributed by atoms with E-state index in [4.69, 9.17) is 0 Å². The van der Waals surface area contributed by atoms with Gasteiger partial charge in [0.15, 0.2) is 4.87 Å². The van der Waals surface area contributed by atoms with E-state index in [1.54, 1.807) is 12.1 Å². The Bertz CT molecular complexity index is 947. The van der Waals surface area contributed by atoms with Gasteiger partial charge < -0.3 is 5.32 Å². The van der Waals surface area contributed by atoms with Crippen LogP contribution in [0.3, 0.4) is 0 Å². The van der Waals surface area contributed by atoms with Crippen molar-refractivity contribution in [2.45, 2.75) is 35.2 Å². The average molecular weight is 406 g/mol. The molecular weight excluding hydrogens is 389 g/mol. The Balaban J connectivity index is 1.49. The Morgan fingerprint density at radius 2 is 1.86 bits per heavy atom. The van der Waals surface area contributed by atoms with Crippen LogP contribution in [0.4, 0.5) is 18.9 Å². The van der Waals surface area contributed by atoms with E-state index in [2.05, 4.69) is 5.32 Å². The van der Waals surface area contributed by atoms with Crippen LogP contribution in [0.25, 0.3) is 0 Å². The van der Waals surface area contributed by atoms with Crippen molar-refractivity contribution in [3.05, 3.63) is 59.7 Å². The summed E-state index contributed by atoms with van der Waals surface area (Å²) < 4.78 is 39.3. The molecule has 2 aliphatic heterocycles. The topological polar surface area (TPSA) is 49.4 Å². The molecule has 0 aromatic heterocycles. The smallest absolute Gasteiger partial charge is 0.353 e. The van der Waals surface area contributed by atoms with Crippen LogP contribution in [-0.2, 0) is 22.2 Å². The van der Waals surface area contributed by atoms with Gasteiger partial charge in [-0.2, -0.15) is 13.2 Å². The maximum atomic E-state index is 13.1. The van der Waals surface area contributed by atoms with Crippen LogP contribution in [0.2, 0.25) is 0 Å². The summed E-state index contributed by atoms with van der Waals surface area (Å²) in [5, 5.41) is 2.75. The zero-order valence-corrected chi connectivity index (χ0v) is 15.6. The molecule has 4 rings (SSSR count). The summed E-state index contributed by atoms with van der Waals surface area (Å²) >= 11 is 1.33. The quantitative estimate of drug-likeness (QED) is 0.835. The molecule has 8 heteroatoms. The lowest BCUT2D eigenvalue weighted by Crippen LogP contribution is -2.52. The molecule has 2 aliphatic rings. The lowest BCUT2D eigenvalue weighted by Gasteiger charge is -2.29. The summed E-state index contributed by atoms with van der Waals surface area (Å²) in [7, 11) is 0. The molecule has 1 saturated heterocycles. The first kappa shape index (κ1) is 18.9. The summed E-state index contributed by atoms with van der Waals surface area (Å²) in [5.74, 6) is -0.459. The second-order valence-corrected chi connectivity index (χ2v) is 8.06. The van der Waals surface area contributed by atoms with E-state index in [1.165, 1.54) is 28.8 Å². The van der Waals surface area contributed by atoms with Gasteiger partial charge in [0.25, 0.3) is 5.91 Å². The first-order valence-electron chi connectivity index (χ1n) is 8.87. The predicted octanol–water partition coefficient (Wildman–Crippen LogP) is 3.99. The molecule has 28 heavy (non-hydrogen) atoms. The van der Waals surface area contributed by atoms with Gasteiger partial charge in [-0.1, -0.05) is 42.1 Å². The number of rotatable bonds is 4. The molecule has 2 amide bonds. The largest absolute Gasteiger partial charge is 0.416 e. The zero-order chi connectivity index (χ0) is 19.9. The highest BCUT2D eigenvalue weighted by molar-refractivity contribution is 8.02. The van der Waals surface area contributed by atoms with Crippen LogP contribution >= 0.6 is 11.8 Å². The monoisotopic (exact) mass is 406 g/mol. The van der Waals surface area contributed by atoms with Gasteiger partial charge in [-0.15, -0.1) is 0 Å². The van der Waals surface area contributed by atoms with Crippen molar-refractivity contribution in [3.63, 3.8) is 0 Å². The van der Waals surface area contributed by atoms with E-state index in [-0.39, 0.29) is 36.8 Å². The fourth-order valence-corrected chi connectivity index (χ4v) is 5.20. The standard InChI is InChI=1S/C20H17F3N2O2S/c21-20(22,23)14-6-2-1-5-13(14)10-12-24-18(27)19-11-9-17(26)25(19)15-7-3-4-8-16(15)28-19/h1-8H,9-12H2,(H,24,27)/t19-/m1/s1. The van der Waals surface area contributed by atoms with Crippen LogP contribution in [-0.4, -0.2) is 23.2 Å². The first-order valence-corrected chi connectivity index (χ1v) is 9.69. The second kappa shape index (κ2) is 6.84. The number of carbonyl (C=O) groups is 2. The van der Waals surface area contributed by atoms with Crippen molar-refractivity contribution >= 4 is 29.3 Å². The number of alkyl halides is 3. The number of benzene rings is 2. The van der Waals surface area contributed by atoms with Crippen LogP contribution < -0.4 is 10.2 Å². The summed E-state index contributed by atoms with van der Waals surface area (Å²) in [6, 6.07) is 12.7. The number of amides is 2. The van der Waals surface area contributed by atoms with Gasteiger partial charge in [0.1, 0.15) is 0 Å². The second-order valence-electron chi connectivity index (χ2n) is 6.74. The SMILES string of the molecule is O=C1CC[C@]2(C(=O)NCCc3ccccc3C(F)(F)F)Sc3ccccc3N12. The average Bonchev–Trinajstić information content (AvgIpc) is 3.17. The number of fused-ring (bicyclic) bond motifs is 3. The molecule has 0 spiro atoms. The number of nitrogens with zero attached hydrogens (tertiary/aromatic N) is 1. The molecule has 1 N–H and O–H groups in total. The lowest BCUT2D eigenvalue weighted by atomic mass is 10.0. The minimum Gasteiger partial charge on any atom is -0.353 e. The molecule has 0 bridgehead atoms. The molecule has 1 fully saturated rings. The third kappa shape index (κ3) is 3.05. The Kier molecular flexibility index (Phi) is 4.61. The van der Waals surface area contributed by atoms with Gasteiger partial charge in [-0.25, -0.2) is 0 Å². The molecular formula is C20H17F3N2O2S. The number of thioether (sulfide) groups is 1. The fraction of sp³-hybridized carbons (Fsp3) is 0.300. The Morgan fingerprint density at radius 3 is 2.64 bits per heavy atom. The van der Waals surface area contributed by atoms with E-state index in [9.17, 15) is 22.8 Å². The molecule has 2 aromatic carbocycles. The normalized spacial score (nSPS) is 20.8. The van der Waals surface area contributed by atoms with Crippen LogP contribution in [0.5, 0.6) is 0 Å². The lowest BCUT2D eigenvalue weighted by molar-refractivity contribution is -0.138. The summed E-state index contributed by atoms with van der Waals surface area (Å²) in [5.41, 5.74) is 0.157. The van der Waals surface area contributed by atoms with E-state index in [1.807, 2.05) is 18.2 Å². The predicted molar refractivity (Wildman–Crippen MR) is 99.9 cm³/mol. The van der Waals surface area contributed by atoms with Gasteiger partial charge in [0.05, 0.1) is 11.3 Å². The van der Waals surface area contributed by atoms with Crippen molar-refractivity contribution in [2.24, 2.45) is 0 Å². The van der Waals surface area contributed by atoms with Gasteiger partial charge >= 0.3 is 6.18 Å². The maximum Gasteiger partial charge on any atom is 0.416 e. The molecule has 1 atom stereocenters. The summed E-state index contributed by atoms with van der Waals surface area (Å²) in [6.07, 6.45) is -3.73. The summed E-state index contributed by atoms with van der Waals surface area (Å²) in [4.78, 5) is 26.7. The maximum absolute atomic E-state index is 13.1. The molecule has 146 valence electrons. The third-order valence-electron chi connectivity index (χ3n) is 5.03. The van der Waals surface area contributed by atoms with Gasteiger partial charge in [0.2, 0.25) is 5.91 Å². The molecule has 2 heterocycles. The highest BCUT2D eigenvalue weighted by Crippen LogP contribution is 2.55. The third-order valence-corrected chi connectivity index (χ3v) is 6.51. The Labute approximate surface area is 164 Å². The number of carbonyl (C=O) groups excluding carboxylic acids is 2. The van der Waals surface area contributed by atoms with Crippen LogP contribution in [0.1, 0.15) is 24.0 Å².